The van der Waals surface area contributed by atoms with E-state index in [4.69, 9.17) is 15.3 Å². The molecule has 104 valence electrons. The molecule has 0 amide bonds. The molecule has 0 aromatic heterocycles. The van der Waals surface area contributed by atoms with Crippen molar-refractivity contribution in [1.29, 1.82) is 0 Å². The number of carboxylic acid groups (broad SMARTS) is 3. The van der Waals surface area contributed by atoms with E-state index >= 15 is 0 Å². The van der Waals surface area contributed by atoms with Gasteiger partial charge in [-0.15, -0.1) is 0 Å². The topological polar surface area (TPSA) is 112 Å². The van der Waals surface area contributed by atoms with E-state index in [-0.39, 0.29) is 12.8 Å². The monoisotopic (exact) mass is 260 g/mol. The van der Waals surface area contributed by atoms with Crippen molar-refractivity contribution in [2.24, 2.45) is 5.92 Å². The van der Waals surface area contributed by atoms with Gasteiger partial charge in [-0.2, -0.15) is 0 Å². The number of aliphatic carboxylic acids is 3. The lowest BCUT2D eigenvalue weighted by atomic mass is 10.0. The Hall–Kier alpha value is -1.59. The predicted molar refractivity (Wildman–Crippen MR) is 63.3 cm³/mol. The van der Waals surface area contributed by atoms with Crippen molar-refractivity contribution in [3.05, 3.63) is 0 Å². The summed E-state index contributed by atoms with van der Waals surface area (Å²) in [7, 11) is 0. The first-order valence-electron chi connectivity index (χ1n) is 6.12. The summed E-state index contributed by atoms with van der Waals surface area (Å²) in [5.74, 6) is -4.68. The standard InChI is InChI=1S/C12H20O6/c13-10(14)8-6-4-2-1-3-5-7-9(11(15)16)12(17)18/h9H,1-8H2,(H,13,14)(H,15,16)(H,17,18). The zero-order valence-corrected chi connectivity index (χ0v) is 10.3. The Labute approximate surface area is 106 Å². The van der Waals surface area contributed by atoms with E-state index in [1.807, 2.05) is 0 Å². The summed E-state index contributed by atoms with van der Waals surface area (Å²) >= 11 is 0. The summed E-state index contributed by atoms with van der Waals surface area (Å²) in [6.07, 6.45) is 4.96. The third kappa shape index (κ3) is 8.55. The fourth-order valence-corrected chi connectivity index (χ4v) is 1.68. The zero-order valence-electron chi connectivity index (χ0n) is 10.3. The van der Waals surface area contributed by atoms with Crippen molar-refractivity contribution in [2.75, 3.05) is 0 Å². The minimum Gasteiger partial charge on any atom is -0.481 e. The number of carboxylic acids is 3. The molecule has 0 aromatic carbocycles. The molecule has 0 aromatic rings. The van der Waals surface area contributed by atoms with Crippen LogP contribution < -0.4 is 0 Å². The van der Waals surface area contributed by atoms with Crippen molar-refractivity contribution >= 4 is 17.9 Å². The Kier molecular flexibility index (Phi) is 8.61. The summed E-state index contributed by atoms with van der Waals surface area (Å²) < 4.78 is 0. The number of hydrogen-bond donors (Lipinski definition) is 3. The Balaban J connectivity index is 3.47. The number of unbranched alkanes of at least 4 members (excludes halogenated alkanes) is 5. The highest BCUT2D eigenvalue weighted by molar-refractivity contribution is 5.92. The van der Waals surface area contributed by atoms with E-state index < -0.39 is 23.8 Å². The molecule has 0 heterocycles. The zero-order chi connectivity index (χ0) is 14.0. The van der Waals surface area contributed by atoms with Crippen LogP contribution in [0.4, 0.5) is 0 Å². The first kappa shape index (κ1) is 16.4. The van der Waals surface area contributed by atoms with Crippen molar-refractivity contribution in [2.45, 2.75) is 51.4 Å². The average molecular weight is 260 g/mol. The van der Waals surface area contributed by atoms with Crippen molar-refractivity contribution < 1.29 is 29.7 Å². The molecule has 18 heavy (non-hydrogen) atoms. The summed E-state index contributed by atoms with van der Waals surface area (Å²) in [5.41, 5.74) is 0. The van der Waals surface area contributed by atoms with Crippen molar-refractivity contribution in [1.82, 2.24) is 0 Å². The largest absolute Gasteiger partial charge is 0.481 e. The highest BCUT2D eigenvalue weighted by Crippen LogP contribution is 2.13. The maximum absolute atomic E-state index is 10.6. The molecule has 0 aliphatic rings. The van der Waals surface area contributed by atoms with Crippen molar-refractivity contribution in [3.63, 3.8) is 0 Å². The molecule has 0 aliphatic carbocycles. The number of hydrogen-bond acceptors (Lipinski definition) is 3. The van der Waals surface area contributed by atoms with Gasteiger partial charge >= 0.3 is 17.9 Å². The molecule has 3 N–H and O–H groups in total. The molecule has 6 nitrogen and oxygen atoms in total. The van der Waals surface area contributed by atoms with Gasteiger partial charge in [-0.3, -0.25) is 14.4 Å². The van der Waals surface area contributed by atoms with Gasteiger partial charge in [-0.25, -0.2) is 0 Å². The predicted octanol–water partition coefficient (Wildman–Crippen LogP) is 1.98. The van der Waals surface area contributed by atoms with Crippen molar-refractivity contribution in [3.8, 4) is 0 Å². The fraction of sp³-hybridized carbons (Fsp3) is 0.750. The lowest BCUT2D eigenvalue weighted by Crippen LogP contribution is -2.23. The van der Waals surface area contributed by atoms with Gasteiger partial charge in [0.1, 0.15) is 0 Å². The number of carbonyl (C=O) groups is 3. The van der Waals surface area contributed by atoms with Crippen LogP contribution in [0.2, 0.25) is 0 Å². The second-order valence-corrected chi connectivity index (χ2v) is 4.28. The highest BCUT2D eigenvalue weighted by atomic mass is 16.4. The summed E-state index contributed by atoms with van der Waals surface area (Å²) in [5, 5.41) is 25.7. The number of rotatable bonds is 11. The molecule has 0 rings (SSSR count). The quantitative estimate of drug-likeness (QED) is 0.387. The first-order valence-corrected chi connectivity index (χ1v) is 6.12. The van der Waals surface area contributed by atoms with E-state index in [1.165, 1.54) is 0 Å². The smallest absolute Gasteiger partial charge is 0.317 e. The van der Waals surface area contributed by atoms with Crippen LogP contribution in [0.3, 0.4) is 0 Å². The summed E-state index contributed by atoms with van der Waals surface area (Å²) in [4.78, 5) is 31.4. The van der Waals surface area contributed by atoms with Gasteiger partial charge in [-0.05, 0) is 12.8 Å². The fourth-order valence-electron chi connectivity index (χ4n) is 1.68. The second-order valence-electron chi connectivity index (χ2n) is 4.28. The lowest BCUT2D eigenvalue weighted by Gasteiger charge is -2.06. The van der Waals surface area contributed by atoms with Crippen LogP contribution in [-0.2, 0) is 14.4 Å². The van der Waals surface area contributed by atoms with Gasteiger partial charge in [0.2, 0.25) is 0 Å². The Morgan fingerprint density at radius 2 is 1.17 bits per heavy atom. The molecule has 0 saturated carbocycles. The van der Waals surface area contributed by atoms with E-state index in [0.29, 0.717) is 12.8 Å². The Morgan fingerprint density at radius 3 is 1.61 bits per heavy atom. The summed E-state index contributed by atoms with van der Waals surface area (Å²) in [6, 6.07) is 0. The van der Waals surface area contributed by atoms with Crippen LogP contribution in [0.5, 0.6) is 0 Å². The Bertz CT molecular complexity index is 272. The van der Waals surface area contributed by atoms with E-state index in [1.54, 1.807) is 0 Å². The van der Waals surface area contributed by atoms with E-state index in [0.717, 1.165) is 25.7 Å². The van der Waals surface area contributed by atoms with Crippen LogP contribution in [0.25, 0.3) is 0 Å². The normalized spacial score (nSPS) is 10.5. The molecule has 6 heteroatoms. The third-order valence-corrected chi connectivity index (χ3v) is 2.73. The van der Waals surface area contributed by atoms with E-state index in [2.05, 4.69) is 0 Å². The van der Waals surface area contributed by atoms with E-state index in [9.17, 15) is 14.4 Å². The first-order chi connectivity index (χ1) is 8.45. The van der Waals surface area contributed by atoms with Gasteiger partial charge in [0, 0.05) is 6.42 Å². The van der Waals surface area contributed by atoms with Crippen LogP contribution in [0.15, 0.2) is 0 Å². The summed E-state index contributed by atoms with van der Waals surface area (Å²) in [6.45, 7) is 0. The van der Waals surface area contributed by atoms with Crippen LogP contribution in [0.1, 0.15) is 51.4 Å². The van der Waals surface area contributed by atoms with Crippen LogP contribution in [0, 0.1) is 5.92 Å². The maximum atomic E-state index is 10.6. The SMILES string of the molecule is O=C(O)CCCCCCCCC(C(=O)O)C(=O)O. The minimum atomic E-state index is -1.31. The molecule has 0 atom stereocenters. The van der Waals surface area contributed by atoms with Crippen LogP contribution in [-0.4, -0.2) is 33.2 Å². The van der Waals surface area contributed by atoms with Gasteiger partial charge in [-0.1, -0.05) is 32.1 Å². The van der Waals surface area contributed by atoms with Gasteiger partial charge in [0.05, 0.1) is 0 Å². The average Bonchev–Trinajstić information content (AvgIpc) is 2.25. The Morgan fingerprint density at radius 1 is 0.722 bits per heavy atom. The molecule has 0 fully saturated rings. The molecule has 0 radical (unpaired) electrons. The van der Waals surface area contributed by atoms with Gasteiger partial charge < -0.3 is 15.3 Å². The molecule has 0 unspecified atom stereocenters. The molecular weight excluding hydrogens is 240 g/mol. The van der Waals surface area contributed by atoms with Crippen LogP contribution >= 0.6 is 0 Å². The third-order valence-electron chi connectivity index (χ3n) is 2.73. The van der Waals surface area contributed by atoms with Gasteiger partial charge in [0.25, 0.3) is 0 Å². The molecular formula is C12H20O6. The maximum Gasteiger partial charge on any atom is 0.317 e. The minimum absolute atomic E-state index is 0.153. The molecule has 0 spiro atoms. The second kappa shape index (κ2) is 9.44. The molecule has 0 bridgehead atoms. The van der Waals surface area contributed by atoms with Gasteiger partial charge in [0.15, 0.2) is 5.92 Å². The highest BCUT2D eigenvalue weighted by Gasteiger charge is 2.24. The molecule has 0 aliphatic heterocycles. The lowest BCUT2D eigenvalue weighted by molar-refractivity contribution is -0.154. The molecule has 0 saturated heterocycles.